The van der Waals surface area contributed by atoms with Crippen molar-refractivity contribution in [1.82, 2.24) is 5.32 Å². The first-order valence-electron chi connectivity index (χ1n) is 6.22. The summed E-state index contributed by atoms with van der Waals surface area (Å²) >= 11 is 5.88. The van der Waals surface area contributed by atoms with Crippen LogP contribution in [0.4, 0.5) is 18.9 Å². The van der Waals surface area contributed by atoms with E-state index in [4.69, 9.17) is 11.6 Å². The molecule has 1 aromatic rings. The lowest BCUT2D eigenvalue weighted by molar-refractivity contribution is -0.137. The van der Waals surface area contributed by atoms with E-state index < -0.39 is 23.7 Å². The predicted molar refractivity (Wildman–Crippen MR) is 71.0 cm³/mol. The minimum Gasteiger partial charge on any atom is -0.345 e. The van der Waals surface area contributed by atoms with Crippen LogP contribution in [0.2, 0.25) is 5.02 Å². The summed E-state index contributed by atoms with van der Waals surface area (Å²) in [4.78, 5) is 24.9. The standard InChI is InChI=1S/C13H12ClF3N2O2/c1-2-9-12(21)18-6-11(20)19(9)10-4-3-7(5-8(10)14)13(15,16)17/h3-5,9H,2,6H2,1H3,(H,18,21). The first kappa shape index (κ1) is 15.6. The van der Waals surface area contributed by atoms with Gasteiger partial charge in [0.05, 0.1) is 22.8 Å². The molecule has 0 spiro atoms. The number of rotatable bonds is 2. The molecular weight excluding hydrogens is 309 g/mol. The number of benzene rings is 1. The summed E-state index contributed by atoms with van der Waals surface area (Å²) in [7, 11) is 0. The number of alkyl halides is 3. The van der Waals surface area contributed by atoms with Crippen molar-refractivity contribution in [3.05, 3.63) is 28.8 Å². The Morgan fingerprint density at radius 1 is 1.38 bits per heavy atom. The molecule has 21 heavy (non-hydrogen) atoms. The van der Waals surface area contributed by atoms with E-state index in [1.807, 2.05) is 0 Å². The Hall–Kier alpha value is -1.76. The Morgan fingerprint density at radius 2 is 2.05 bits per heavy atom. The number of halogens is 4. The third-order valence-corrected chi connectivity index (χ3v) is 3.52. The molecule has 1 N–H and O–H groups in total. The van der Waals surface area contributed by atoms with Gasteiger partial charge in [0, 0.05) is 0 Å². The fourth-order valence-corrected chi connectivity index (χ4v) is 2.48. The van der Waals surface area contributed by atoms with E-state index in [2.05, 4.69) is 5.32 Å². The largest absolute Gasteiger partial charge is 0.416 e. The van der Waals surface area contributed by atoms with Crippen LogP contribution in [-0.2, 0) is 15.8 Å². The number of nitrogens with one attached hydrogen (secondary N) is 1. The van der Waals surface area contributed by atoms with Gasteiger partial charge in [0.25, 0.3) is 0 Å². The minimum absolute atomic E-state index is 0.108. The van der Waals surface area contributed by atoms with E-state index in [0.717, 1.165) is 23.1 Å². The maximum Gasteiger partial charge on any atom is 0.416 e. The van der Waals surface area contributed by atoms with Crippen molar-refractivity contribution in [3.63, 3.8) is 0 Å². The number of hydrogen-bond donors (Lipinski definition) is 1. The quantitative estimate of drug-likeness (QED) is 0.910. The molecule has 1 aromatic carbocycles. The van der Waals surface area contributed by atoms with Crippen LogP contribution in [0.5, 0.6) is 0 Å². The molecule has 1 fully saturated rings. The number of carbonyl (C=O) groups is 2. The summed E-state index contributed by atoms with van der Waals surface area (Å²) < 4.78 is 37.9. The maximum absolute atomic E-state index is 12.6. The molecule has 1 heterocycles. The van der Waals surface area contributed by atoms with Crippen LogP contribution in [0.3, 0.4) is 0 Å². The molecular formula is C13H12ClF3N2O2. The Morgan fingerprint density at radius 3 is 2.57 bits per heavy atom. The smallest absolute Gasteiger partial charge is 0.345 e. The zero-order valence-electron chi connectivity index (χ0n) is 11.0. The van der Waals surface area contributed by atoms with Gasteiger partial charge in [-0.15, -0.1) is 0 Å². The summed E-state index contributed by atoms with van der Waals surface area (Å²) in [5, 5.41) is 2.22. The van der Waals surface area contributed by atoms with Crippen molar-refractivity contribution in [1.29, 1.82) is 0 Å². The highest BCUT2D eigenvalue weighted by Crippen LogP contribution is 2.36. The molecule has 0 saturated carbocycles. The number of hydrogen-bond acceptors (Lipinski definition) is 2. The van der Waals surface area contributed by atoms with Gasteiger partial charge < -0.3 is 5.32 Å². The number of anilines is 1. The summed E-state index contributed by atoms with van der Waals surface area (Å²) in [5.74, 6) is -0.767. The average molecular weight is 321 g/mol. The summed E-state index contributed by atoms with van der Waals surface area (Å²) in [6.07, 6.45) is -4.19. The zero-order valence-corrected chi connectivity index (χ0v) is 11.8. The first-order valence-corrected chi connectivity index (χ1v) is 6.60. The van der Waals surface area contributed by atoms with E-state index >= 15 is 0 Å². The molecule has 8 heteroatoms. The zero-order chi connectivity index (χ0) is 15.8. The monoisotopic (exact) mass is 320 g/mol. The van der Waals surface area contributed by atoms with Crippen LogP contribution in [0.1, 0.15) is 18.9 Å². The molecule has 0 bridgehead atoms. The van der Waals surface area contributed by atoms with Gasteiger partial charge in [0.15, 0.2) is 0 Å². The highest BCUT2D eigenvalue weighted by atomic mass is 35.5. The van der Waals surface area contributed by atoms with Crippen molar-refractivity contribution >= 4 is 29.1 Å². The van der Waals surface area contributed by atoms with Crippen molar-refractivity contribution in [3.8, 4) is 0 Å². The fourth-order valence-electron chi connectivity index (χ4n) is 2.21. The molecule has 1 unspecified atom stereocenters. The van der Waals surface area contributed by atoms with Crippen LogP contribution >= 0.6 is 11.6 Å². The van der Waals surface area contributed by atoms with Crippen LogP contribution in [0.25, 0.3) is 0 Å². The molecule has 0 aromatic heterocycles. The third-order valence-electron chi connectivity index (χ3n) is 3.22. The normalized spacial score (nSPS) is 19.7. The van der Waals surface area contributed by atoms with Gasteiger partial charge in [-0.1, -0.05) is 18.5 Å². The number of nitrogens with zero attached hydrogens (tertiary/aromatic N) is 1. The van der Waals surface area contributed by atoms with Gasteiger partial charge in [0.1, 0.15) is 6.04 Å². The molecule has 114 valence electrons. The topological polar surface area (TPSA) is 49.4 Å². The van der Waals surface area contributed by atoms with Crippen molar-refractivity contribution < 1.29 is 22.8 Å². The molecule has 1 aliphatic rings. The molecule has 4 nitrogen and oxygen atoms in total. The molecule has 1 saturated heterocycles. The Labute approximate surface area is 123 Å². The second-order valence-corrected chi connectivity index (χ2v) is 4.98. The van der Waals surface area contributed by atoms with Gasteiger partial charge in [-0.05, 0) is 24.6 Å². The van der Waals surface area contributed by atoms with Gasteiger partial charge in [-0.3, -0.25) is 14.5 Å². The third kappa shape index (κ3) is 2.97. The Kier molecular flexibility index (Phi) is 4.13. The van der Waals surface area contributed by atoms with Crippen LogP contribution in [-0.4, -0.2) is 24.4 Å². The van der Waals surface area contributed by atoms with Gasteiger partial charge in [-0.25, -0.2) is 0 Å². The lowest BCUT2D eigenvalue weighted by Crippen LogP contribution is -2.58. The number of amides is 2. The lowest BCUT2D eigenvalue weighted by Gasteiger charge is -2.35. The van der Waals surface area contributed by atoms with Crippen molar-refractivity contribution in [2.45, 2.75) is 25.6 Å². The Bertz CT molecular complexity index is 589. The Balaban J connectivity index is 2.44. The maximum atomic E-state index is 12.6. The van der Waals surface area contributed by atoms with Crippen LogP contribution in [0.15, 0.2) is 18.2 Å². The second kappa shape index (κ2) is 5.55. The second-order valence-electron chi connectivity index (χ2n) is 4.57. The summed E-state index contributed by atoms with van der Waals surface area (Å²) in [6, 6.07) is 1.93. The molecule has 2 rings (SSSR count). The van der Waals surface area contributed by atoms with Gasteiger partial charge >= 0.3 is 6.18 Å². The number of carbonyl (C=O) groups excluding carboxylic acids is 2. The average Bonchev–Trinajstić information content (AvgIpc) is 2.40. The van der Waals surface area contributed by atoms with Gasteiger partial charge in [0.2, 0.25) is 11.8 Å². The van der Waals surface area contributed by atoms with Crippen LogP contribution in [0, 0.1) is 0 Å². The van der Waals surface area contributed by atoms with E-state index in [0.29, 0.717) is 6.42 Å². The molecule has 1 aliphatic heterocycles. The van der Waals surface area contributed by atoms with E-state index in [1.165, 1.54) is 0 Å². The highest BCUT2D eigenvalue weighted by molar-refractivity contribution is 6.34. The van der Waals surface area contributed by atoms with E-state index in [1.54, 1.807) is 6.92 Å². The molecule has 0 aliphatic carbocycles. The first-order chi connectivity index (χ1) is 9.75. The lowest BCUT2D eigenvalue weighted by atomic mass is 10.1. The highest BCUT2D eigenvalue weighted by Gasteiger charge is 2.36. The summed E-state index contributed by atoms with van der Waals surface area (Å²) in [6.45, 7) is 1.50. The molecule has 0 radical (unpaired) electrons. The minimum atomic E-state index is -4.52. The van der Waals surface area contributed by atoms with Crippen molar-refractivity contribution in [2.24, 2.45) is 0 Å². The molecule has 2 amide bonds. The summed E-state index contributed by atoms with van der Waals surface area (Å²) in [5.41, 5.74) is -0.797. The van der Waals surface area contributed by atoms with Crippen molar-refractivity contribution in [2.75, 3.05) is 11.4 Å². The van der Waals surface area contributed by atoms with E-state index in [9.17, 15) is 22.8 Å². The fraction of sp³-hybridized carbons (Fsp3) is 0.385. The number of piperazine rings is 1. The van der Waals surface area contributed by atoms with Gasteiger partial charge in [-0.2, -0.15) is 13.2 Å². The predicted octanol–water partition coefficient (Wildman–Crippen LogP) is 2.60. The van der Waals surface area contributed by atoms with E-state index in [-0.39, 0.29) is 23.2 Å². The molecule has 1 atom stereocenters. The van der Waals surface area contributed by atoms with Crippen LogP contribution < -0.4 is 10.2 Å². The SMILES string of the molecule is CCC1C(=O)NCC(=O)N1c1ccc(C(F)(F)F)cc1Cl.